The van der Waals surface area contributed by atoms with E-state index in [1.165, 1.54) is 0 Å². The SMILES string of the molecule is CCCCCNC(=O)C(Cc1ccc(OC(COO)COO)cc1)NC(=O)CNC(=O)OCc1ccccc1. The van der Waals surface area contributed by atoms with Crippen LogP contribution in [0.15, 0.2) is 54.6 Å². The van der Waals surface area contributed by atoms with E-state index in [0.717, 1.165) is 30.4 Å². The molecular formula is C27H37N3O9. The number of amides is 3. The molecule has 12 nitrogen and oxygen atoms in total. The molecule has 0 heterocycles. The molecule has 0 radical (unpaired) electrons. The van der Waals surface area contributed by atoms with Crippen LogP contribution in [0.2, 0.25) is 0 Å². The molecule has 2 aromatic carbocycles. The summed E-state index contributed by atoms with van der Waals surface area (Å²) in [6.07, 6.45) is 1.48. The van der Waals surface area contributed by atoms with Crippen molar-refractivity contribution in [2.45, 2.75) is 51.4 Å². The molecule has 1 unspecified atom stereocenters. The zero-order valence-corrected chi connectivity index (χ0v) is 22.0. The van der Waals surface area contributed by atoms with Crippen LogP contribution in [0.3, 0.4) is 0 Å². The van der Waals surface area contributed by atoms with Gasteiger partial charge in [-0.25, -0.2) is 14.6 Å². The predicted molar refractivity (Wildman–Crippen MR) is 141 cm³/mol. The summed E-state index contributed by atoms with van der Waals surface area (Å²) in [5.41, 5.74) is 1.55. The molecule has 0 aliphatic rings. The molecule has 0 saturated heterocycles. The molecule has 0 aliphatic heterocycles. The van der Waals surface area contributed by atoms with Gasteiger partial charge in [-0.2, -0.15) is 0 Å². The fourth-order valence-corrected chi connectivity index (χ4v) is 3.51. The Morgan fingerprint density at radius 3 is 2.21 bits per heavy atom. The molecule has 0 fully saturated rings. The second-order valence-electron chi connectivity index (χ2n) is 8.71. The van der Waals surface area contributed by atoms with Gasteiger partial charge in [0, 0.05) is 13.0 Å². The van der Waals surface area contributed by atoms with E-state index in [4.69, 9.17) is 20.0 Å². The van der Waals surface area contributed by atoms with Crippen LogP contribution in [0, 0.1) is 0 Å². The lowest BCUT2D eigenvalue weighted by atomic mass is 10.0. The largest absolute Gasteiger partial charge is 0.485 e. The molecule has 0 aromatic heterocycles. The van der Waals surface area contributed by atoms with Gasteiger partial charge in [0.1, 0.15) is 38.2 Å². The van der Waals surface area contributed by atoms with Crippen LogP contribution in [0.1, 0.15) is 37.3 Å². The number of carbonyl (C=O) groups excluding carboxylic acids is 3. The van der Waals surface area contributed by atoms with Gasteiger partial charge in [-0.15, -0.1) is 0 Å². The standard InChI is InChI=1S/C27H37N3O9/c1-2-3-7-14-28-26(32)24(15-20-10-12-22(13-11-20)39-23(18-37-34)19-38-35)30-25(31)16-29-27(33)36-17-21-8-5-4-6-9-21/h4-6,8-13,23-24,34-35H,2-3,7,14-19H2,1H3,(H,28,32)(H,29,33)(H,30,31). The van der Waals surface area contributed by atoms with E-state index in [1.54, 1.807) is 24.3 Å². The lowest BCUT2D eigenvalue weighted by Crippen LogP contribution is -2.50. The third-order valence-electron chi connectivity index (χ3n) is 5.52. The molecule has 2 rings (SSSR count). The Bertz CT molecular complexity index is 984. The van der Waals surface area contributed by atoms with Crippen molar-refractivity contribution >= 4 is 17.9 Å². The van der Waals surface area contributed by atoms with Crippen molar-refractivity contribution in [2.75, 3.05) is 26.3 Å². The van der Waals surface area contributed by atoms with Crippen LogP contribution in [0.4, 0.5) is 4.79 Å². The summed E-state index contributed by atoms with van der Waals surface area (Å²) >= 11 is 0. The molecule has 0 saturated carbocycles. The summed E-state index contributed by atoms with van der Waals surface area (Å²) < 4.78 is 10.7. The van der Waals surface area contributed by atoms with Crippen LogP contribution < -0.4 is 20.7 Å². The van der Waals surface area contributed by atoms with Gasteiger partial charge >= 0.3 is 6.09 Å². The lowest BCUT2D eigenvalue weighted by molar-refractivity contribution is -0.286. The molecule has 2 aromatic rings. The fourth-order valence-electron chi connectivity index (χ4n) is 3.51. The first-order valence-corrected chi connectivity index (χ1v) is 12.7. The van der Waals surface area contributed by atoms with Crippen molar-refractivity contribution in [1.82, 2.24) is 16.0 Å². The normalized spacial score (nSPS) is 11.5. The first-order valence-electron chi connectivity index (χ1n) is 12.7. The topological polar surface area (TPSA) is 165 Å². The zero-order chi connectivity index (χ0) is 28.3. The molecule has 0 spiro atoms. The van der Waals surface area contributed by atoms with E-state index in [0.29, 0.717) is 12.3 Å². The molecule has 3 amide bonds. The maximum Gasteiger partial charge on any atom is 0.407 e. The van der Waals surface area contributed by atoms with Gasteiger partial charge in [0.15, 0.2) is 6.10 Å². The molecule has 39 heavy (non-hydrogen) atoms. The van der Waals surface area contributed by atoms with Crippen LogP contribution in [0.5, 0.6) is 5.75 Å². The number of hydrogen-bond acceptors (Lipinski definition) is 9. The van der Waals surface area contributed by atoms with Crippen molar-refractivity contribution in [3.63, 3.8) is 0 Å². The highest BCUT2D eigenvalue weighted by molar-refractivity contribution is 5.89. The van der Waals surface area contributed by atoms with E-state index >= 15 is 0 Å². The molecular weight excluding hydrogens is 510 g/mol. The Labute approximate surface area is 227 Å². The predicted octanol–water partition coefficient (Wildman–Crippen LogP) is 2.67. The van der Waals surface area contributed by atoms with E-state index < -0.39 is 24.1 Å². The number of hydrogen-bond donors (Lipinski definition) is 5. The molecule has 214 valence electrons. The number of nitrogens with one attached hydrogen (secondary N) is 3. The quantitative estimate of drug-likeness (QED) is 0.107. The molecule has 5 N–H and O–H groups in total. The number of carbonyl (C=O) groups is 3. The minimum atomic E-state index is -0.883. The van der Waals surface area contributed by atoms with Gasteiger partial charge in [-0.3, -0.25) is 20.1 Å². The minimum Gasteiger partial charge on any atom is -0.485 e. The maximum absolute atomic E-state index is 12.9. The van der Waals surface area contributed by atoms with Crippen molar-refractivity contribution in [2.24, 2.45) is 0 Å². The first kappa shape index (κ1) is 31.5. The van der Waals surface area contributed by atoms with Crippen molar-refractivity contribution in [3.8, 4) is 5.75 Å². The van der Waals surface area contributed by atoms with Crippen LogP contribution in [0.25, 0.3) is 0 Å². The smallest absolute Gasteiger partial charge is 0.407 e. The monoisotopic (exact) mass is 547 g/mol. The van der Waals surface area contributed by atoms with Gasteiger partial charge < -0.3 is 25.4 Å². The van der Waals surface area contributed by atoms with Crippen molar-refractivity contribution < 1.29 is 44.1 Å². The number of unbranched alkanes of at least 4 members (excludes halogenated alkanes) is 2. The van der Waals surface area contributed by atoms with Crippen LogP contribution in [-0.4, -0.2) is 66.9 Å². The Balaban J connectivity index is 1.93. The van der Waals surface area contributed by atoms with Crippen LogP contribution in [-0.2, 0) is 37.1 Å². The number of benzene rings is 2. The summed E-state index contributed by atoms with van der Waals surface area (Å²) in [6.45, 7) is 1.81. The Morgan fingerprint density at radius 1 is 0.872 bits per heavy atom. The maximum atomic E-state index is 12.9. The van der Waals surface area contributed by atoms with Crippen molar-refractivity contribution in [1.29, 1.82) is 0 Å². The average molecular weight is 548 g/mol. The number of alkyl carbamates (subject to hydrolysis) is 1. The third-order valence-corrected chi connectivity index (χ3v) is 5.52. The Morgan fingerprint density at radius 2 is 1.56 bits per heavy atom. The lowest BCUT2D eigenvalue weighted by Gasteiger charge is -2.20. The second-order valence-corrected chi connectivity index (χ2v) is 8.71. The molecule has 0 aliphatic carbocycles. The highest BCUT2D eigenvalue weighted by atomic mass is 17.1. The Kier molecular flexibility index (Phi) is 15.0. The summed E-state index contributed by atoms with van der Waals surface area (Å²) in [5.74, 6) is -0.469. The molecule has 12 heteroatoms. The van der Waals surface area contributed by atoms with E-state index in [2.05, 4.69) is 32.6 Å². The third kappa shape index (κ3) is 13.1. The highest BCUT2D eigenvalue weighted by Gasteiger charge is 2.22. The summed E-state index contributed by atoms with van der Waals surface area (Å²) in [4.78, 5) is 45.5. The molecule has 0 bridgehead atoms. The highest BCUT2D eigenvalue weighted by Crippen LogP contribution is 2.16. The second kappa shape index (κ2) is 18.5. The number of rotatable bonds is 18. The molecule has 1 atom stereocenters. The van der Waals surface area contributed by atoms with Gasteiger partial charge in [-0.05, 0) is 29.7 Å². The van der Waals surface area contributed by atoms with Gasteiger partial charge in [0.25, 0.3) is 0 Å². The van der Waals surface area contributed by atoms with Crippen molar-refractivity contribution in [3.05, 3.63) is 65.7 Å². The average Bonchev–Trinajstić information content (AvgIpc) is 2.94. The van der Waals surface area contributed by atoms with E-state index in [1.807, 2.05) is 30.3 Å². The minimum absolute atomic E-state index is 0.0671. The van der Waals surface area contributed by atoms with Crippen LogP contribution >= 0.6 is 0 Å². The van der Waals surface area contributed by atoms with Gasteiger partial charge in [-0.1, -0.05) is 62.2 Å². The number of ether oxygens (including phenoxy) is 2. The van der Waals surface area contributed by atoms with Gasteiger partial charge in [0.05, 0.1) is 0 Å². The summed E-state index contributed by atoms with van der Waals surface area (Å²) in [5, 5.41) is 25.2. The summed E-state index contributed by atoms with van der Waals surface area (Å²) in [6, 6.07) is 15.0. The van der Waals surface area contributed by atoms with E-state index in [9.17, 15) is 14.4 Å². The first-order chi connectivity index (χ1) is 18.9. The fraction of sp³-hybridized carbons (Fsp3) is 0.444. The van der Waals surface area contributed by atoms with E-state index in [-0.39, 0.29) is 38.7 Å². The Hall–Kier alpha value is -3.71. The van der Waals surface area contributed by atoms with Gasteiger partial charge in [0.2, 0.25) is 11.8 Å². The zero-order valence-electron chi connectivity index (χ0n) is 22.0. The summed E-state index contributed by atoms with van der Waals surface area (Å²) in [7, 11) is 0.